The summed E-state index contributed by atoms with van der Waals surface area (Å²) in [6, 6.07) is 0. The third-order valence-corrected chi connectivity index (χ3v) is 3.12. The molecule has 0 atom stereocenters. The fraction of sp³-hybridized carbons (Fsp3) is 0.538. The van der Waals surface area contributed by atoms with Gasteiger partial charge in [0.15, 0.2) is 0 Å². The molecule has 0 amide bonds. The van der Waals surface area contributed by atoms with E-state index in [9.17, 15) is 4.79 Å². The summed E-state index contributed by atoms with van der Waals surface area (Å²) >= 11 is 5.94. The predicted molar refractivity (Wildman–Crippen MR) is 74.4 cm³/mol. The van der Waals surface area contributed by atoms with Crippen LogP contribution in [0.1, 0.15) is 12.8 Å². The zero-order valence-electron chi connectivity index (χ0n) is 10.6. The van der Waals surface area contributed by atoms with Crippen molar-refractivity contribution in [3.63, 3.8) is 0 Å². The van der Waals surface area contributed by atoms with Gasteiger partial charge in [-0.05, 0) is 18.8 Å². The third-order valence-electron chi connectivity index (χ3n) is 2.84. The summed E-state index contributed by atoms with van der Waals surface area (Å²) in [5.74, 6) is 3.11. The van der Waals surface area contributed by atoms with E-state index in [-0.39, 0.29) is 12.1 Å². The molecule has 0 aliphatic heterocycles. The van der Waals surface area contributed by atoms with Crippen molar-refractivity contribution >= 4 is 17.3 Å². The van der Waals surface area contributed by atoms with Crippen LogP contribution in [0, 0.1) is 18.3 Å². The molecule has 1 aliphatic rings. The second-order valence-electron chi connectivity index (χ2n) is 4.48. The molecule has 1 saturated carbocycles. The van der Waals surface area contributed by atoms with Crippen molar-refractivity contribution in [3.05, 3.63) is 21.6 Å². The average Bonchev–Trinajstić information content (AvgIpc) is 3.20. The Kier molecular flexibility index (Phi) is 4.83. The Morgan fingerprint density at radius 2 is 2.42 bits per heavy atom. The number of nitrogens with zero attached hydrogens (tertiary/aromatic N) is 2. The minimum atomic E-state index is -0.312. The number of hydrogen-bond donors (Lipinski definition) is 1. The van der Waals surface area contributed by atoms with E-state index in [4.69, 9.17) is 22.8 Å². The van der Waals surface area contributed by atoms with Crippen molar-refractivity contribution in [2.24, 2.45) is 5.92 Å². The van der Waals surface area contributed by atoms with E-state index in [0.717, 1.165) is 12.5 Å². The van der Waals surface area contributed by atoms with Gasteiger partial charge in [0.1, 0.15) is 12.2 Å². The number of nitrogens with one attached hydrogen (secondary N) is 1. The Morgan fingerprint density at radius 3 is 3.11 bits per heavy atom. The van der Waals surface area contributed by atoms with Crippen molar-refractivity contribution in [2.75, 3.05) is 25.1 Å². The first kappa shape index (κ1) is 13.9. The van der Waals surface area contributed by atoms with E-state index in [0.29, 0.717) is 23.9 Å². The molecule has 1 aromatic heterocycles. The molecule has 19 heavy (non-hydrogen) atoms. The summed E-state index contributed by atoms with van der Waals surface area (Å²) in [5, 5.41) is 7.13. The molecule has 1 N–H and O–H groups in total. The van der Waals surface area contributed by atoms with E-state index in [1.165, 1.54) is 23.7 Å². The van der Waals surface area contributed by atoms with Gasteiger partial charge in [-0.2, -0.15) is 5.10 Å². The number of ether oxygens (including phenoxy) is 1. The van der Waals surface area contributed by atoms with Gasteiger partial charge in [-0.1, -0.05) is 17.5 Å². The van der Waals surface area contributed by atoms with E-state index in [1.54, 1.807) is 0 Å². The highest BCUT2D eigenvalue weighted by Crippen LogP contribution is 2.28. The topological polar surface area (TPSA) is 56.1 Å². The standard InChI is InChI=1S/C13H16ClN3O2/c1-2-6-17-13(18)12(11(14)8-16-17)15-5-7-19-9-10-3-4-10/h1,8,10,15H,3-7,9H2. The first-order chi connectivity index (χ1) is 9.22. The second kappa shape index (κ2) is 6.60. The average molecular weight is 282 g/mol. The molecule has 1 fully saturated rings. The van der Waals surface area contributed by atoms with Gasteiger partial charge >= 0.3 is 0 Å². The Hall–Kier alpha value is -1.51. The summed E-state index contributed by atoms with van der Waals surface area (Å²) in [6.07, 6.45) is 9.11. The molecular weight excluding hydrogens is 266 g/mol. The molecule has 102 valence electrons. The van der Waals surface area contributed by atoms with Crippen molar-refractivity contribution < 1.29 is 4.74 Å². The van der Waals surface area contributed by atoms with Crippen LogP contribution in [0.2, 0.25) is 5.02 Å². The van der Waals surface area contributed by atoms with Gasteiger partial charge in [-0.15, -0.1) is 6.42 Å². The molecule has 2 rings (SSSR count). The number of anilines is 1. The third kappa shape index (κ3) is 3.98. The van der Waals surface area contributed by atoms with Gasteiger partial charge in [0, 0.05) is 13.2 Å². The highest BCUT2D eigenvalue weighted by atomic mass is 35.5. The van der Waals surface area contributed by atoms with Crippen LogP contribution in [0.15, 0.2) is 11.0 Å². The van der Waals surface area contributed by atoms with E-state index < -0.39 is 0 Å². The maximum absolute atomic E-state index is 12.0. The van der Waals surface area contributed by atoms with E-state index >= 15 is 0 Å². The van der Waals surface area contributed by atoms with Crippen LogP contribution < -0.4 is 10.9 Å². The summed E-state index contributed by atoms with van der Waals surface area (Å²) in [4.78, 5) is 12.0. The van der Waals surface area contributed by atoms with Crippen LogP contribution in [-0.4, -0.2) is 29.5 Å². The highest BCUT2D eigenvalue weighted by Gasteiger charge is 2.20. The fourth-order valence-electron chi connectivity index (χ4n) is 1.61. The van der Waals surface area contributed by atoms with Gasteiger partial charge < -0.3 is 10.1 Å². The molecule has 1 heterocycles. The van der Waals surface area contributed by atoms with Crippen molar-refractivity contribution in [1.29, 1.82) is 0 Å². The number of rotatable bonds is 7. The maximum atomic E-state index is 12.0. The molecular formula is C13H16ClN3O2. The molecule has 1 aliphatic carbocycles. The Balaban J connectivity index is 1.88. The zero-order valence-corrected chi connectivity index (χ0v) is 11.3. The normalized spacial score (nSPS) is 14.1. The van der Waals surface area contributed by atoms with Gasteiger partial charge in [-0.3, -0.25) is 4.79 Å². The SMILES string of the molecule is C#CCn1ncc(Cl)c(NCCOCC2CC2)c1=O. The predicted octanol–water partition coefficient (Wildman–Crippen LogP) is 1.37. The maximum Gasteiger partial charge on any atom is 0.292 e. The lowest BCUT2D eigenvalue weighted by molar-refractivity contribution is 0.134. The van der Waals surface area contributed by atoms with Gasteiger partial charge in [0.05, 0.1) is 17.8 Å². The van der Waals surface area contributed by atoms with Gasteiger partial charge in [0.25, 0.3) is 5.56 Å². The lowest BCUT2D eigenvalue weighted by atomic mass is 10.4. The molecule has 0 spiro atoms. The second-order valence-corrected chi connectivity index (χ2v) is 4.89. The lowest BCUT2D eigenvalue weighted by Crippen LogP contribution is -2.27. The Labute approximate surface area is 116 Å². The summed E-state index contributed by atoms with van der Waals surface area (Å²) in [6.45, 7) is 2.00. The molecule has 1 aromatic rings. The van der Waals surface area contributed by atoms with Crippen LogP contribution in [0.5, 0.6) is 0 Å². The first-order valence-electron chi connectivity index (χ1n) is 6.23. The number of hydrogen-bond acceptors (Lipinski definition) is 4. The Bertz CT molecular complexity index is 532. The van der Waals surface area contributed by atoms with Crippen LogP contribution in [0.4, 0.5) is 5.69 Å². The fourth-order valence-corrected chi connectivity index (χ4v) is 1.80. The first-order valence-corrected chi connectivity index (χ1v) is 6.61. The molecule has 0 aromatic carbocycles. The molecule has 0 unspecified atom stereocenters. The lowest BCUT2D eigenvalue weighted by Gasteiger charge is -2.09. The quantitative estimate of drug-likeness (QED) is 0.606. The van der Waals surface area contributed by atoms with E-state index in [2.05, 4.69) is 16.3 Å². The van der Waals surface area contributed by atoms with Gasteiger partial charge in [0.2, 0.25) is 0 Å². The van der Waals surface area contributed by atoms with Crippen LogP contribution in [0.3, 0.4) is 0 Å². The van der Waals surface area contributed by atoms with E-state index in [1.807, 2.05) is 0 Å². The van der Waals surface area contributed by atoms with Crippen LogP contribution >= 0.6 is 11.6 Å². The molecule has 6 heteroatoms. The van der Waals surface area contributed by atoms with Gasteiger partial charge in [-0.25, -0.2) is 4.68 Å². The summed E-state index contributed by atoms with van der Waals surface area (Å²) in [5.41, 5.74) is 0.00887. The number of halogens is 1. The summed E-state index contributed by atoms with van der Waals surface area (Å²) in [7, 11) is 0. The number of terminal acetylenes is 1. The minimum Gasteiger partial charge on any atom is -0.379 e. The van der Waals surface area contributed by atoms with Crippen LogP contribution in [0.25, 0.3) is 0 Å². The molecule has 0 bridgehead atoms. The molecule has 5 nitrogen and oxygen atoms in total. The largest absolute Gasteiger partial charge is 0.379 e. The Morgan fingerprint density at radius 1 is 1.63 bits per heavy atom. The van der Waals surface area contributed by atoms with Crippen molar-refractivity contribution in [3.8, 4) is 12.3 Å². The molecule has 0 saturated heterocycles. The zero-order chi connectivity index (χ0) is 13.7. The minimum absolute atomic E-state index is 0.128. The highest BCUT2D eigenvalue weighted by molar-refractivity contribution is 6.32. The van der Waals surface area contributed by atoms with Crippen LogP contribution in [-0.2, 0) is 11.3 Å². The molecule has 0 radical (unpaired) electrons. The summed E-state index contributed by atoms with van der Waals surface area (Å²) < 4.78 is 6.67. The number of aromatic nitrogens is 2. The van der Waals surface area contributed by atoms with Crippen molar-refractivity contribution in [1.82, 2.24) is 9.78 Å². The smallest absolute Gasteiger partial charge is 0.292 e. The van der Waals surface area contributed by atoms with Crippen molar-refractivity contribution in [2.45, 2.75) is 19.4 Å². The monoisotopic (exact) mass is 281 g/mol.